The molecule has 8 nitrogen and oxygen atoms in total. The minimum atomic E-state index is -0.493. The highest BCUT2D eigenvalue weighted by Gasteiger charge is 2.32. The molecule has 150 valence electrons. The maximum absolute atomic E-state index is 11.9. The predicted molar refractivity (Wildman–Crippen MR) is 106 cm³/mol. The summed E-state index contributed by atoms with van der Waals surface area (Å²) in [7, 11) is 0. The molecule has 2 aliphatic rings. The van der Waals surface area contributed by atoms with Crippen molar-refractivity contribution in [2.24, 2.45) is 0 Å². The van der Waals surface area contributed by atoms with E-state index in [0.717, 1.165) is 31.7 Å². The van der Waals surface area contributed by atoms with Gasteiger partial charge in [-0.2, -0.15) is 5.26 Å². The molecule has 1 amide bonds. The number of benzene rings is 1. The van der Waals surface area contributed by atoms with E-state index < -0.39 is 12.2 Å². The number of aliphatic hydroxyl groups is 1. The number of hydrogen-bond acceptors (Lipinski definition) is 7. The smallest absolute Gasteiger partial charge is 0.414 e. The highest BCUT2D eigenvalue weighted by atomic mass is 16.6. The lowest BCUT2D eigenvalue weighted by Gasteiger charge is -2.33. The number of aromatic nitrogens is 1. The highest BCUT2D eigenvalue weighted by Crippen LogP contribution is 2.26. The van der Waals surface area contributed by atoms with Crippen LogP contribution in [0.5, 0.6) is 5.75 Å². The van der Waals surface area contributed by atoms with Gasteiger partial charge in [0.25, 0.3) is 0 Å². The van der Waals surface area contributed by atoms with Crippen LogP contribution in [0.4, 0.5) is 16.3 Å². The van der Waals surface area contributed by atoms with Crippen molar-refractivity contribution in [3.8, 4) is 11.8 Å². The Balaban J connectivity index is 1.34. The molecule has 0 radical (unpaired) electrons. The van der Waals surface area contributed by atoms with E-state index in [2.05, 4.69) is 16.0 Å². The fourth-order valence-corrected chi connectivity index (χ4v) is 3.60. The molecule has 2 aliphatic heterocycles. The molecule has 0 bridgehead atoms. The van der Waals surface area contributed by atoms with Crippen LogP contribution in [0.15, 0.2) is 42.6 Å². The minimum absolute atomic E-state index is 0.0646. The molecular weight excluding hydrogens is 372 g/mol. The summed E-state index contributed by atoms with van der Waals surface area (Å²) in [6.45, 7) is 1.72. The first-order chi connectivity index (χ1) is 14.2. The van der Waals surface area contributed by atoms with Crippen molar-refractivity contribution in [2.45, 2.75) is 25.0 Å². The SMILES string of the molecule is N#Cc1ccccc1OC1CCN(c2ccc(N3C[C@@H](CO)OC3=O)cn2)CC1. The van der Waals surface area contributed by atoms with Gasteiger partial charge in [-0.15, -0.1) is 0 Å². The van der Waals surface area contributed by atoms with Gasteiger partial charge >= 0.3 is 6.09 Å². The molecule has 1 aromatic carbocycles. The second-order valence-electron chi connectivity index (χ2n) is 7.09. The summed E-state index contributed by atoms with van der Waals surface area (Å²) >= 11 is 0. The van der Waals surface area contributed by atoms with Crippen molar-refractivity contribution < 1.29 is 19.4 Å². The molecule has 0 spiro atoms. The van der Waals surface area contributed by atoms with Crippen LogP contribution >= 0.6 is 0 Å². The monoisotopic (exact) mass is 394 g/mol. The van der Waals surface area contributed by atoms with Gasteiger partial charge in [0.2, 0.25) is 0 Å². The van der Waals surface area contributed by atoms with E-state index in [-0.39, 0.29) is 12.7 Å². The fraction of sp³-hybridized carbons (Fsp3) is 0.381. The summed E-state index contributed by atoms with van der Waals surface area (Å²) in [5.74, 6) is 1.48. The third kappa shape index (κ3) is 4.10. The summed E-state index contributed by atoms with van der Waals surface area (Å²) in [5, 5.41) is 18.3. The van der Waals surface area contributed by atoms with Crippen molar-refractivity contribution >= 4 is 17.6 Å². The lowest BCUT2D eigenvalue weighted by molar-refractivity contribution is 0.0963. The summed E-state index contributed by atoms with van der Waals surface area (Å²) < 4.78 is 11.1. The van der Waals surface area contributed by atoms with E-state index in [0.29, 0.717) is 23.5 Å². The number of rotatable bonds is 5. The van der Waals surface area contributed by atoms with Crippen LogP contribution < -0.4 is 14.5 Å². The van der Waals surface area contributed by atoms with Gasteiger partial charge in [-0.3, -0.25) is 4.90 Å². The standard InChI is InChI=1S/C21H22N4O4/c22-11-15-3-1-2-4-19(15)28-17-7-9-24(10-8-17)20-6-5-16(12-23-20)25-13-18(14-26)29-21(25)27/h1-6,12,17-18,26H,7-10,13-14H2/t18-/m0/s1. The van der Waals surface area contributed by atoms with Gasteiger partial charge in [-0.1, -0.05) is 12.1 Å². The molecule has 1 aromatic heterocycles. The van der Waals surface area contributed by atoms with Crippen LogP contribution in [0.2, 0.25) is 0 Å². The van der Waals surface area contributed by atoms with E-state index in [9.17, 15) is 10.1 Å². The van der Waals surface area contributed by atoms with Gasteiger partial charge in [0.1, 0.15) is 29.8 Å². The average Bonchev–Trinajstić information content (AvgIpc) is 3.15. The van der Waals surface area contributed by atoms with Gasteiger partial charge < -0.3 is 19.5 Å². The van der Waals surface area contributed by atoms with Gasteiger partial charge in [-0.05, 0) is 24.3 Å². The van der Waals surface area contributed by atoms with E-state index >= 15 is 0 Å². The topological polar surface area (TPSA) is 98.9 Å². The molecule has 2 aromatic rings. The Morgan fingerprint density at radius 1 is 1.24 bits per heavy atom. The molecule has 1 N–H and O–H groups in total. The minimum Gasteiger partial charge on any atom is -0.489 e. The van der Waals surface area contributed by atoms with Gasteiger partial charge in [0, 0.05) is 25.9 Å². The molecule has 0 aliphatic carbocycles. The van der Waals surface area contributed by atoms with Crippen molar-refractivity contribution in [3.63, 3.8) is 0 Å². The number of carbonyl (C=O) groups excluding carboxylic acids is 1. The van der Waals surface area contributed by atoms with E-state index in [1.165, 1.54) is 4.90 Å². The van der Waals surface area contributed by atoms with Gasteiger partial charge in [-0.25, -0.2) is 9.78 Å². The van der Waals surface area contributed by atoms with Crippen LogP contribution in [0.3, 0.4) is 0 Å². The Morgan fingerprint density at radius 3 is 2.69 bits per heavy atom. The highest BCUT2D eigenvalue weighted by molar-refractivity contribution is 5.89. The third-order valence-electron chi connectivity index (χ3n) is 5.19. The molecule has 8 heteroatoms. The summed E-state index contributed by atoms with van der Waals surface area (Å²) in [6.07, 6.45) is 2.43. The molecule has 1 atom stereocenters. The Morgan fingerprint density at radius 2 is 2.03 bits per heavy atom. The van der Waals surface area contributed by atoms with Crippen LogP contribution in [-0.4, -0.2) is 54.6 Å². The molecule has 2 fully saturated rings. The number of amides is 1. The molecule has 0 unspecified atom stereocenters. The van der Waals surface area contributed by atoms with Gasteiger partial charge in [0.05, 0.1) is 30.6 Å². The van der Waals surface area contributed by atoms with Crippen LogP contribution in [0.1, 0.15) is 18.4 Å². The number of ether oxygens (including phenoxy) is 2. The van der Waals surface area contributed by atoms with E-state index in [4.69, 9.17) is 14.6 Å². The number of pyridine rings is 1. The van der Waals surface area contributed by atoms with E-state index in [1.807, 2.05) is 30.3 Å². The zero-order valence-corrected chi connectivity index (χ0v) is 15.9. The van der Waals surface area contributed by atoms with Crippen molar-refractivity contribution in [2.75, 3.05) is 36.0 Å². The summed E-state index contributed by atoms with van der Waals surface area (Å²) in [6, 6.07) is 13.2. The lowest BCUT2D eigenvalue weighted by atomic mass is 10.1. The van der Waals surface area contributed by atoms with Gasteiger partial charge in [0.15, 0.2) is 0 Å². The fourth-order valence-electron chi connectivity index (χ4n) is 3.60. The number of nitriles is 1. The maximum Gasteiger partial charge on any atom is 0.414 e. The quantitative estimate of drug-likeness (QED) is 0.831. The Kier molecular flexibility index (Phi) is 5.49. The molecule has 29 heavy (non-hydrogen) atoms. The number of para-hydroxylation sites is 1. The number of hydrogen-bond donors (Lipinski definition) is 1. The van der Waals surface area contributed by atoms with Crippen molar-refractivity contribution in [1.29, 1.82) is 5.26 Å². The molecular formula is C21H22N4O4. The number of anilines is 2. The Labute approximate surface area is 168 Å². The largest absolute Gasteiger partial charge is 0.489 e. The maximum atomic E-state index is 11.9. The molecule has 2 saturated heterocycles. The zero-order valence-electron chi connectivity index (χ0n) is 15.9. The summed E-state index contributed by atoms with van der Waals surface area (Å²) in [4.78, 5) is 20.0. The van der Waals surface area contributed by atoms with E-state index in [1.54, 1.807) is 12.3 Å². The first kappa shape index (κ1) is 19.0. The summed E-state index contributed by atoms with van der Waals surface area (Å²) in [5.41, 5.74) is 1.21. The van der Waals surface area contributed by atoms with Crippen LogP contribution in [0, 0.1) is 11.3 Å². The average molecular weight is 394 g/mol. The Hall–Kier alpha value is -3.31. The van der Waals surface area contributed by atoms with Crippen LogP contribution in [0.25, 0.3) is 0 Å². The number of cyclic esters (lactones) is 1. The number of nitrogens with zero attached hydrogens (tertiary/aromatic N) is 4. The predicted octanol–water partition coefficient (Wildman–Crippen LogP) is 2.32. The van der Waals surface area contributed by atoms with Crippen molar-refractivity contribution in [3.05, 3.63) is 48.2 Å². The number of aliphatic hydroxyl groups excluding tert-OH is 1. The number of piperidine rings is 1. The number of carbonyl (C=O) groups is 1. The first-order valence-electron chi connectivity index (χ1n) is 9.63. The second kappa shape index (κ2) is 8.37. The zero-order chi connectivity index (χ0) is 20.2. The lowest BCUT2D eigenvalue weighted by Crippen LogP contribution is -2.38. The molecule has 0 saturated carbocycles. The first-order valence-corrected chi connectivity index (χ1v) is 9.63. The van der Waals surface area contributed by atoms with Crippen LogP contribution in [-0.2, 0) is 4.74 Å². The van der Waals surface area contributed by atoms with Crippen molar-refractivity contribution in [1.82, 2.24) is 4.98 Å². The second-order valence-corrected chi connectivity index (χ2v) is 7.09. The Bertz CT molecular complexity index is 904. The normalized spacial score (nSPS) is 19.7. The third-order valence-corrected chi connectivity index (χ3v) is 5.19. The molecule has 3 heterocycles. The molecule has 4 rings (SSSR count).